The lowest BCUT2D eigenvalue weighted by molar-refractivity contribution is -0.149. The molecule has 1 aliphatic heterocycles. The molecule has 2 aromatic carbocycles. The first-order valence-corrected chi connectivity index (χ1v) is 9.44. The summed E-state index contributed by atoms with van der Waals surface area (Å²) in [5.74, 6) is -0.736. The lowest BCUT2D eigenvalue weighted by atomic mass is 10.1. The highest BCUT2D eigenvalue weighted by atomic mass is 35.5. The van der Waals surface area contributed by atoms with E-state index in [4.69, 9.17) is 11.6 Å². The van der Waals surface area contributed by atoms with Crippen molar-refractivity contribution in [2.24, 2.45) is 0 Å². The van der Waals surface area contributed by atoms with Crippen molar-refractivity contribution in [1.82, 2.24) is 4.90 Å². The number of benzene rings is 2. The minimum absolute atomic E-state index is 0.147. The van der Waals surface area contributed by atoms with Gasteiger partial charge in [-0.25, -0.2) is 4.79 Å². The number of carbonyl (C=O) groups is 2. The van der Waals surface area contributed by atoms with Crippen LogP contribution in [0.3, 0.4) is 0 Å². The molecule has 0 aromatic heterocycles. The van der Waals surface area contributed by atoms with E-state index >= 15 is 0 Å². The van der Waals surface area contributed by atoms with E-state index in [0.29, 0.717) is 17.2 Å². The Bertz CT molecular complexity index is 768. The first-order valence-electron chi connectivity index (χ1n) is 8.01. The van der Waals surface area contributed by atoms with E-state index in [2.05, 4.69) is 0 Å². The first kappa shape index (κ1) is 17.8. The van der Waals surface area contributed by atoms with Gasteiger partial charge in [-0.05, 0) is 29.7 Å². The van der Waals surface area contributed by atoms with Gasteiger partial charge in [-0.1, -0.05) is 54.1 Å². The van der Waals surface area contributed by atoms with Crippen molar-refractivity contribution in [1.29, 1.82) is 0 Å². The van der Waals surface area contributed by atoms with Gasteiger partial charge < -0.3 is 10.0 Å². The summed E-state index contributed by atoms with van der Waals surface area (Å²) in [6.45, 7) is 0. The van der Waals surface area contributed by atoms with E-state index in [9.17, 15) is 14.7 Å². The Morgan fingerprint density at radius 2 is 1.92 bits per heavy atom. The van der Waals surface area contributed by atoms with Crippen molar-refractivity contribution < 1.29 is 14.7 Å². The molecule has 2 atom stereocenters. The number of amides is 1. The number of nitrogens with zero attached hydrogens (tertiary/aromatic N) is 1. The average molecular weight is 376 g/mol. The SMILES string of the molecule is O=C(O)C1CSC(c2cccc(Cl)c2)N1C(=O)CCc1ccccc1. The van der Waals surface area contributed by atoms with Crippen molar-refractivity contribution in [2.45, 2.75) is 24.3 Å². The van der Waals surface area contributed by atoms with Gasteiger partial charge in [0.15, 0.2) is 0 Å². The second kappa shape index (κ2) is 7.93. The largest absolute Gasteiger partial charge is 0.480 e. The quantitative estimate of drug-likeness (QED) is 0.858. The molecule has 2 aromatic rings. The number of thioether (sulfide) groups is 1. The topological polar surface area (TPSA) is 57.6 Å². The fourth-order valence-electron chi connectivity index (χ4n) is 2.94. The molecule has 25 heavy (non-hydrogen) atoms. The third kappa shape index (κ3) is 4.17. The monoisotopic (exact) mass is 375 g/mol. The highest BCUT2D eigenvalue weighted by Gasteiger charge is 2.42. The van der Waals surface area contributed by atoms with Crippen LogP contribution < -0.4 is 0 Å². The summed E-state index contributed by atoms with van der Waals surface area (Å²) in [5, 5.41) is 9.76. The lowest BCUT2D eigenvalue weighted by Gasteiger charge is -2.28. The number of aliphatic carboxylic acids is 1. The zero-order chi connectivity index (χ0) is 17.8. The molecule has 1 fully saturated rings. The average Bonchev–Trinajstić information content (AvgIpc) is 3.06. The van der Waals surface area contributed by atoms with Crippen molar-refractivity contribution in [3.8, 4) is 0 Å². The number of aryl methyl sites for hydroxylation is 1. The van der Waals surface area contributed by atoms with Gasteiger partial charge in [0.25, 0.3) is 0 Å². The van der Waals surface area contributed by atoms with E-state index in [0.717, 1.165) is 11.1 Å². The third-order valence-corrected chi connectivity index (χ3v) is 5.74. The second-order valence-corrected chi connectivity index (χ2v) is 7.43. The summed E-state index contributed by atoms with van der Waals surface area (Å²) in [6.07, 6.45) is 0.876. The minimum atomic E-state index is -0.968. The highest BCUT2D eigenvalue weighted by molar-refractivity contribution is 7.99. The Morgan fingerprint density at radius 1 is 1.16 bits per heavy atom. The van der Waals surface area contributed by atoms with Gasteiger partial charge in [0, 0.05) is 17.2 Å². The molecule has 130 valence electrons. The smallest absolute Gasteiger partial charge is 0.327 e. The molecule has 1 aliphatic rings. The van der Waals surface area contributed by atoms with Gasteiger partial charge in [-0.3, -0.25) is 4.79 Å². The zero-order valence-electron chi connectivity index (χ0n) is 13.5. The number of hydrogen-bond acceptors (Lipinski definition) is 3. The van der Waals surface area contributed by atoms with E-state index in [1.165, 1.54) is 16.7 Å². The van der Waals surface area contributed by atoms with Crippen LogP contribution in [-0.4, -0.2) is 33.7 Å². The lowest BCUT2D eigenvalue weighted by Crippen LogP contribution is -2.43. The third-order valence-electron chi connectivity index (χ3n) is 4.18. The van der Waals surface area contributed by atoms with Crippen LogP contribution in [0.4, 0.5) is 0 Å². The van der Waals surface area contributed by atoms with Crippen molar-refractivity contribution >= 4 is 35.2 Å². The van der Waals surface area contributed by atoms with Crippen LogP contribution in [0, 0.1) is 0 Å². The normalized spacial score (nSPS) is 19.8. The Hall–Kier alpha value is -1.98. The summed E-state index contributed by atoms with van der Waals surface area (Å²) >= 11 is 7.53. The van der Waals surface area contributed by atoms with E-state index < -0.39 is 12.0 Å². The molecule has 0 radical (unpaired) electrons. The molecule has 0 saturated carbocycles. The molecule has 0 aliphatic carbocycles. The van der Waals surface area contributed by atoms with Crippen LogP contribution in [0.25, 0.3) is 0 Å². The fraction of sp³-hybridized carbons (Fsp3) is 0.263. The second-order valence-electron chi connectivity index (χ2n) is 5.88. The molecule has 0 spiro atoms. The summed E-state index contributed by atoms with van der Waals surface area (Å²) in [6, 6.07) is 16.2. The summed E-state index contributed by atoms with van der Waals surface area (Å²) in [7, 11) is 0. The maximum Gasteiger partial charge on any atom is 0.327 e. The summed E-state index contributed by atoms with van der Waals surface area (Å²) in [5.41, 5.74) is 1.92. The van der Waals surface area contributed by atoms with Crippen LogP contribution in [0.5, 0.6) is 0 Å². The van der Waals surface area contributed by atoms with Gasteiger partial charge in [0.2, 0.25) is 5.91 Å². The Balaban J connectivity index is 1.79. The van der Waals surface area contributed by atoms with Crippen molar-refractivity contribution in [3.05, 3.63) is 70.7 Å². The Kier molecular flexibility index (Phi) is 5.66. The maximum absolute atomic E-state index is 12.8. The molecular weight excluding hydrogens is 358 g/mol. The van der Waals surface area contributed by atoms with Crippen LogP contribution >= 0.6 is 23.4 Å². The summed E-state index contributed by atoms with van der Waals surface area (Å²) < 4.78 is 0. The fourth-order valence-corrected chi connectivity index (χ4v) is 4.57. The van der Waals surface area contributed by atoms with Gasteiger partial charge in [0.05, 0.1) is 0 Å². The van der Waals surface area contributed by atoms with Gasteiger partial charge in [0.1, 0.15) is 11.4 Å². The highest BCUT2D eigenvalue weighted by Crippen LogP contribution is 2.42. The van der Waals surface area contributed by atoms with E-state index in [1.54, 1.807) is 12.1 Å². The number of carboxylic acids is 1. The molecule has 1 heterocycles. The Morgan fingerprint density at radius 3 is 2.60 bits per heavy atom. The predicted molar refractivity (Wildman–Crippen MR) is 99.7 cm³/mol. The van der Waals surface area contributed by atoms with Gasteiger partial charge >= 0.3 is 5.97 Å². The molecule has 3 rings (SSSR count). The molecule has 4 nitrogen and oxygen atoms in total. The predicted octanol–water partition coefficient (Wildman–Crippen LogP) is 4.00. The molecule has 1 amide bonds. The molecule has 1 N–H and O–H groups in total. The van der Waals surface area contributed by atoms with E-state index in [-0.39, 0.29) is 17.7 Å². The maximum atomic E-state index is 12.8. The molecule has 0 bridgehead atoms. The van der Waals surface area contributed by atoms with E-state index in [1.807, 2.05) is 42.5 Å². The number of hydrogen-bond donors (Lipinski definition) is 1. The minimum Gasteiger partial charge on any atom is -0.480 e. The molecule has 1 saturated heterocycles. The number of carboxylic acid groups (broad SMARTS) is 1. The number of halogens is 1. The van der Waals surface area contributed by atoms with Gasteiger partial charge in [-0.15, -0.1) is 11.8 Å². The zero-order valence-corrected chi connectivity index (χ0v) is 15.0. The van der Waals surface area contributed by atoms with Gasteiger partial charge in [-0.2, -0.15) is 0 Å². The van der Waals surface area contributed by atoms with Crippen LogP contribution in [0.2, 0.25) is 5.02 Å². The number of carbonyl (C=O) groups excluding carboxylic acids is 1. The van der Waals surface area contributed by atoms with Crippen LogP contribution in [0.15, 0.2) is 54.6 Å². The molecular formula is C19H18ClNO3S. The molecule has 6 heteroatoms. The summed E-state index contributed by atoms with van der Waals surface area (Å²) in [4.78, 5) is 25.9. The van der Waals surface area contributed by atoms with Crippen LogP contribution in [-0.2, 0) is 16.0 Å². The molecule has 2 unspecified atom stereocenters. The Labute approximate surface area is 155 Å². The van der Waals surface area contributed by atoms with Crippen LogP contribution in [0.1, 0.15) is 22.9 Å². The van der Waals surface area contributed by atoms with Crippen molar-refractivity contribution in [2.75, 3.05) is 5.75 Å². The first-order chi connectivity index (χ1) is 12.1. The number of rotatable bonds is 5. The van der Waals surface area contributed by atoms with Crippen molar-refractivity contribution in [3.63, 3.8) is 0 Å². The standard InChI is InChI=1S/C19H18ClNO3S/c20-15-8-4-7-14(11-15)18-21(16(12-25-18)19(23)24)17(22)10-9-13-5-2-1-3-6-13/h1-8,11,16,18H,9-10,12H2,(H,23,24).